The third-order valence-electron chi connectivity index (χ3n) is 2.34. The third kappa shape index (κ3) is 3.72. The third-order valence-corrected chi connectivity index (χ3v) is 3.25. The zero-order valence-corrected chi connectivity index (χ0v) is 10.8. The molecule has 0 saturated carbocycles. The second kappa shape index (κ2) is 6.98. The molecule has 0 amide bonds. The summed E-state index contributed by atoms with van der Waals surface area (Å²) in [6, 6.07) is 9.72. The van der Waals surface area contributed by atoms with Crippen molar-refractivity contribution >= 4 is 11.8 Å². The fourth-order valence-corrected chi connectivity index (χ4v) is 2.13. The Morgan fingerprint density at radius 1 is 1.22 bits per heavy atom. The van der Waals surface area contributed by atoms with Gasteiger partial charge in [0, 0.05) is 24.1 Å². The molecule has 0 radical (unpaired) electrons. The molecular formula is C13H15N3OS. The van der Waals surface area contributed by atoms with E-state index in [0.29, 0.717) is 13.2 Å². The molecule has 0 spiro atoms. The van der Waals surface area contributed by atoms with E-state index in [1.807, 2.05) is 30.3 Å². The van der Waals surface area contributed by atoms with Gasteiger partial charge in [-0.1, -0.05) is 18.2 Å². The lowest BCUT2D eigenvalue weighted by atomic mass is 10.2. The van der Waals surface area contributed by atoms with E-state index in [0.717, 1.165) is 22.1 Å². The molecule has 0 unspecified atom stereocenters. The van der Waals surface area contributed by atoms with Crippen LogP contribution >= 0.6 is 11.8 Å². The number of benzene rings is 1. The van der Waals surface area contributed by atoms with Gasteiger partial charge in [0.05, 0.1) is 11.6 Å². The Kier molecular flexibility index (Phi) is 4.99. The molecule has 94 valence electrons. The average molecular weight is 261 g/mol. The summed E-state index contributed by atoms with van der Waals surface area (Å²) in [6.45, 7) is 1.13. The van der Waals surface area contributed by atoms with E-state index in [1.165, 1.54) is 0 Å². The van der Waals surface area contributed by atoms with Gasteiger partial charge in [0.2, 0.25) is 0 Å². The van der Waals surface area contributed by atoms with Crippen LogP contribution in [0.25, 0.3) is 0 Å². The van der Waals surface area contributed by atoms with Crippen LogP contribution in [-0.2, 0) is 6.54 Å². The Morgan fingerprint density at radius 2 is 2.11 bits per heavy atom. The Labute approximate surface area is 111 Å². The van der Waals surface area contributed by atoms with E-state index in [4.69, 9.17) is 10.5 Å². The van der Waals surface area contributed by atoms with Crippen LogP contribution in [0, 0.1) is 0 Å². The van der Waals surface area contributed by atoms with E-state index in [1.54, 1.807) is 24.3 Å². The molecule has 2 rings (SSSR count). The molecular weight excluding hydrogens is 246 g/mol. The van der Waals surface area contributed by atoms with Crippen LogP contribution in [-0.4, -0.2) is 22.3 Å². The summed E-state index contributed by atoms with van der Waals surface area (Å²) in [5.41, 5.74) is 6.68. The number of thioether (sulfide) groups is 1. The van der Waals surface area contributed by atoms with Gasteiger partial charge in [-0.2, -0.15) is 0 Å². The molecule has 1 heterocycles. The summed E-state index contributed by atoms with van der Waals surface area (Å²) in [6.07, 6.45) is 3.28. The highest BCUT2D eigenvalue weighted by Crippen LogP contribution is 2.18. The van der Waals surface area contributed by atoms with E-state index in [2.05, 4.69) is 9.97 Å². The number of para-hydroxylation sites is 1. The zero-order chi connectivity index (χ0) is 12.6. The van der Waals surface area contributed by atoms with E-state index in [9.17, 15) is 0 Å². The van der Waals surface area contributed by atoms with Crippen molar-refractivity contribution in [3.05, 3.63) is 48.4 Å². The molecule has 0 aliphatic heterocycles. The predicted octanol–water partition coefficient (Wildman–Crippen LogP) is 2.11. The highest BCUT2D eigenvalue weighted by molar-refractivity contribution is 7.99. The zero-order valence-electron chi connectivity index (χ0n) is 9.95. The van der Waals surface area contributed by atoms with Crippen molar-refractivity contribution in [2.24, 2.45) is 5.73 Å². The van der Waals surface area contributed by atoms with Gasteiger partial charge in [0.1, 0.15) is 12.1 Å². The lowest BCUT2D eigenvalue weighted by Gasteiger charge is -2.09. The molecule has 2 N–H and O–H groups in total. The van der Waals surface area contributed by atoms with Crippen molar-refractivity contribution in [1.82, 2.24) is 9.97 Å². The van der Waals surface area contributed by atoms with Gasteiger partial charge >= 0.3 is 0 Å². The Morgan fingerprint density at radius 3 is 2.89 bits per heavy atom. The first-order chi connectivity index (χ1) is 8.90. The number of rotatable bonds is 6. The number of nitrogens with two attached hydrogens (primary N) is 1. The molecule has 1 aromatic carbocycles. The van der Waals surface area contributed by atoms with Crippen LogP contribution in [0.5, 0.6) is 5.75 Å². The molecule has 0 bridgehead atoms. The van der Waals surface area contributed by atoms with Gasteiger partial charge < -0.3 is 10.5 Å². The van der Waals surface area contributed by atoms with Gasteiger partial charge in [-0.15, -0.1) is 11.8 Å². The number of nitrogens with zero attached hydrogens (tertiary/aromatic N) is 2. The monoisotopic (exact) mass is 261 g/mol. The smallest absolute Gasteiger partial charge is 0.123 e. The molecule has 0 saturated heterocycles. The molecule has 0 fully saturated rings. The summed E-state index contributed by atoms with van der Waals surface area (Å²) in [7, 11) is 0. The van der Waals surface area contributed by atoms with Gasteiger partial charge in [-0.25, -0.2) is 9.97 Å². The highest BCUT2D eigenvalue weighted by Gasteiger charge is 2.01. The van der Waals surface area contributed by atoms with Crippen molar-refractivity contribution in [3.8, 4) is 5.75 Å². The SMILES string of the molecule is NCc1ccccc1OCCSc1ccncn1. The van der Waals surface area contributed by atoms with Crippen LogP contribution in [0.4, 0.5) is 0 Å². The first-order valence-electron chi connectivity index (χ1n) is 5.69. The molecule has 0 aliphatic carbocycles. The van der Waals surface area contributed by atoms with Crippen molar-refractivity contribution < 1.29 is 4.74 Å². The first kappa shape index (κ1) is 12.9. The number of aromatic nitrogens is 2. The molecule has 5 heteroatoms. The maximum atomic E-state index is 5.71. The topological polar surface area (TPSA) is 61.0 Å². The number of hydrogen-bond donors (Lipinski definition) is 1. The normalized spacial score (nSPS) is 10.3. The molecule has 1 aromatic heterocycles. The van der Waals surface area contributed by atoms with Crippen molar-refractivity contribution in [2.45, 2.75) is 11.6 Å². The maximum Gasteiger partial charge on any atom is 0.123 e. The average Bonchev–Trinajstić information content (AvgIpc) is 2.45. The molecule has 0 atom stereocenters. The van der Waals surface area contributed by atoms with E-state index < -0.39 is 0 Å². The summed E-state index contributed by atoms with van der Waals surface area (Å²) in [4.78, 5) is 8.01. The fraction of sp³-hybridized carbons (Fsp3) is 0.231. The van der Waals surface area contributed by atoms with Gasteiger partial charge in [0.25, 0.3) is 0 Å². The van der Waals surface area contributed by atoms with Crippen LogP contribution in [0.2, 0.25) is 0 Å². The van der Waals surface area contributed by atoms with Crippen molar-refractivity contribution in [2.75, 3.05) is 12.4 Å². The van der Waals surface area contributed by atoms with Gasteiger partial charge in [0.15, 0.2) is 0 Å². The van der Waals surface area contributed by atoms with Crippen LogP contribution in [0.3, 0.4) is 0 Å². The Balaban J connectivity index is 1.78. The second-order valence-electron chi connectivity index (χ2n) is 3.56. The molecule has 18 heavy (non-hydrogen) atoms. The summed E-state index contributed by atoms with van der Waals surface area (Å²) >= 11 is 1.65. The Hall–Kier alpha value is -1.59. The largest absolute Gasteiger partial charge is 0.492 e. The van der Waals surface area contributed by atoms with Crippen molar-refractivity contribution in [3.63, 3.8) is 0 Å². The predicted molar refractivity (Wildman–Crippen MR) is 72.6 cm³/mol. The summed E-state index contributed by atoms with van der Waals surface area (Å²) in [5.74, 6) is 1.71. The number of ether oxygens (including phenoxy) is 1. The van der Waals surface area contributed by atoms with Crippen LogP contribution in [0.1, 0.15) is 5.56 Å². The minimum absolute atomic E-state index is 0.495. The van der Waals surface area contributed by atoms with Crippen LogP contribution in [0.15, 0.2) is 47.9 Å². The minimum Gasteiger partial charge on any atom is -0.492 e. The van der Waals surface area contributed by atoms with E-state index in [-0.39, 0.29) is 0 Å². The highest BCUT2D eigenvalue weighted by atomic mass is 32.2. The fourth-order valence-electron chi connectivity index (χ4n) is 1.48. The maximum absolute atomic E-state index is 5.71. The summed E-state index contributed by atoms with van der Waals surface area (Å²) in [5, 5.41) is 0.959. The Bertz CT molecular complexity index is 479. The van der Waals surface area contributed by atoms with Crippen LogP contribution < -0.4 is 10.5 Å². The summed E-state index contributed by atoms with van der Waals surface area (Å²) < 4.78 is 5.71. The second-order valence-corrected chi connectivity index (χ2v) is 4.67. The minimum atomic E-state index is 0.495. The quantitative estimate of drug-likeness (QED) is 0.490. The lowest BCUT2D eigenvalue weighted by molar-refractivity contribution is 0.340. The van der Waals surface area contributed by atoms with E-state index >= 15 is 0 Å². The standard InChI is InChI=1S/C13H15N3OS/c14-9-11-3-1-2-4-12(11)17-7-8-18-13-5-6-15-10-16-13/h1-6,10H,7-9,14H2. The van der Waals surface area contributed by atoms with Gasteiger partial charge in [-0.3, -0.25) is 0 Å². The lowest BCUT2D eigenvalue weighted by Crippen LogP contribution is -2.05. The molecule has 2 aromatic rings. The molecule has 4 nitrogen and oxygen atoms in total. The van der Waals surface area contributed by atoms with Crippen molar-refractivity contribution in [1.29, 1.82) is 0 Å². The van der Waals surface area contributed by atoms with Gasteiger partial charge in [-0.05, 0) is 12.1 Å². The molecule has 0 aliphatic rings. The number of hydrogen-bond acceptors (Lipinski definition) is 5. The first-order valence-corrected chi connectivity index (χ1v) is 6.68.